The van der Waals surface area contributed by atoms with Crippen molar-refractivity contribution in [3.05, 3.63) is 33.8 Å². The van der Waals surface area contributed by atoms with Crippen molar-refractivity contribution in [1.29, 1.82) is 0 Å². The van der Waals surface area contributed by atoms with Gasteiger partial charge in [0.2, 0.25) is 0 Å². The minimum Gasteiger partial charge on any atom is -0.450 e. The van der Waals surface area contributed by atoms with Gasteiger partial charge in [-0.2, -0.15) is 0 Å². The molecule has 1 rings (SSSR count). The highest BCUT2D eigenvalue weighted by atomic mass is 35.5. The summed E-state index contributed by atoms with van der Waals surface area (Å²) in [6.07, 6.45) is -0.382. The molecule has 4 nitrogen and oxygen atoms in total. The molecule has 1 amide bonds. The normalized spacial score (nSPS) is 12.2. The quantitative estimate of drug-likeness (QED) is 0.875. The van der Waals surface area contributed by atoms with Gasteiger partial charge >= 0.3 is 6.09 Å². The lowest BCUT2D eigenvalue weighted by atomic mass is 10.1. The Morgan fingerprint density at radius 2 is 2.12 bits per heavy atom. The Morgan fingerprint density at radius 3 is 2.75 bits per heavy atom. The van der Waals surface area contributed by atoms with Crippen molar-refractivity contribution in [2.24, 2.45) is 11.5 Å². The van der Waals surface area contributed by atoms with Crippen molar-refractivity contribution in [2.45, 2.75) is 12.5 Å². The molecule has 0 aliphatic carbocycles. The van der Waals surface area contributed by atoms with Crippen molar-refractivity contribution in [2.75, 3.05) is 6.61 Å². The molecule has 1 atom stereocenters. The summed E-state index contributed by atoms with van der Waals surface area (Å²) in [5, 5.41) is 0.876. The van der Waals surface area contributed by atoms with Gasteiger partial charge in [-0.1, -0.05) is 35.3 Å². The van der Waals surface area contributed by atoms with Crippen LogP contribution >= 0.6 is 23.2 Å². The van der Waals surface area contributed by atoms with Gasteiger partial charge in [-0.25, -0.2) is 4.79 Å². The summed E-state index contributed by atoms with van der Waals surface area (Å²) in [5.74, 6) is 0. The fourth-order valence-corrected chi connectivity index (χ4v) is 1.70. The van der Waals surface area contributed by atoms with Gasteiger partial charge < -0.3 is 16.2 Å². The van der Waals surface area contributed by atoms with E-state index in [4.69, 9.17) is 34.7 Å². The van der Waals surface area contributed by atoms with E-state index in [1.165, 1.54) is 0 Å². The molecular weight excluding hydrogens is 251 g/mol. The molecule has 0 radical (unpaired) electrons. The fraction of sp³-hybridized carbons (Fsp3) is 0.300. The first-order valence-electron chi connectivity index (χ1n) is 4.64. The van der Waals surface area contributed by atoms with Crippen LogP contribution in [0.15, 0.2) is 18.2 Å². The topological polar surface area (TPSA) is 78.3 Å². The number of halogens is 2. The van der Waals surface area contributed by atoms with E-state index in [0.29, 0.717) is 16.5 Å². The number of hydrogen-bond acceptors (Lipinski definition) is 3. The Labute approximate surface area is 103 Å². The molecule has 0 saturated carbocycles. The molecule has 1 aromatic carbocycles. The third-order valence-corrected chi connectivity index (χ3v) is 2.89. The lowest BCUT2D eigenvalue weighted by Gasteiger charge is -2.13. The van der Waals surface area contributed by atoms with E-state index in [0.717, 1.165) is 5.56 Å². The molecule has 16 heavy (non-hydrogen) atoms. The number of carbonyl (C=O) groups is 1. The van der Waals surface area contributed by atoms with Crippen LogP contribution in [0.4, 0.5) is 4.79 Å². The van der Waals surface area contributed by atoms with Crippen LogP contribution in [0.25, 0.3) is 0 Å². The van der Waals surface area contributed by atoms with Gasteiger partial charge in [0.25, 0.3) is 0 Å². The van der Waals surface area contributed by atoms with Crippen LogP contribution in [-0.4, -0.2) is 12.7 Å². The average Bonchev–Trinajstić information content (AvgIpc) is 2.21. The number of hydrogen-bond donors (Lipinski definition) is 2. The van der Waals surface area contributed by atoms with Crippen LogP contribution in [0, 0.1) is 0 Å². The minimum atomic E-state index is -0.815. The van der Waals surface area contributed by atoms with Crippen molar-refractivity contribution in [3.8, 4) is 0 Å². The SMILES string of the molecule is NC(=O)OCCC(N)c1cccc(Cl)c1Cl. The number of amides is 1. The molecule has 0 fully saturated rings. The first kappa shape index (κ1) is 13.1. The molecule has 0 bridgehead atoms. The maximum Gasteiger partial charge on any atom is 0.404 e. The molecule has 0 spiro atoms. The third-order valence-electron chi connectivity index (χ3n) is 2.05. The molecule has 0 aliphatic rings. The first-order valence-corrected chi connectivity index (χ1v) is 5.39. The molecule has 4 N–H and O–H groups in total. The van der Waals surface area contributed by atoms with E-state index < -0.39 is 6.09 Å². The standard InChI is InChI=1S/C10H12Cl2N2O2/c11-7-3-1-2-6(9(7)12)8(13)4-5-16-10(14)15/h1-3,8H,4-5,13H2,(H2,14,15). The van der Waals surface area contributed by atoms with Gasteiger partial charge in [0.15, 0.2) is 0 Å². The molecule has 6 heteroatoms. The highest BCUT2D eigenvalue weighted by Gasteiger charge is 2.12. The molecular formula is C10H12Cl2N2O2. The largest absolute Gasteiger partial charge is 0.450 e. The van der Waals surface area contributed by atoms with E-state index in [1.807, 2.05) is 0 Å². The predicted octanol–water partition coefficient (Wildman–Crippen LogP) is 2.48. The zero-order valence-electron chi connectivity index (χ0n) is 8.45. The van der Waals surface area contributed by atoms with E-state index in [-0.39, 0.29) is 12.6 Å². The Morgan fingerprint density at radius 1 is 1.44 bits per heavy atom. The molecule has 88 valence electrons. The summed E-state index contributed by atoms with van der Waals surface area (Å²) < 4.78 is 4.59. The van der Waals surface area contributed by atoms with Crippen LogP contribution in [-0.2, 0) is 4.74 Å². The highest BCUT2D eigenvalue weighted by molar-refractivity contribution is 6.42. The molecule has 1 aromatic rings. The lowest BCUT2D eigenvalue weighted by molar-refractivity contribution is 0.153. The van der Waals surface area contributed by atoms with Gasteiger partial charge in [-0.15, -0.1) is 0 Å². The lowest BCUT2D eigenvalue weighted by Crippen LogP contribution is -2.18. The maximum atomic E-state index is 10.4. The molecule has 1 unspecified atom stereocenters. The highest BCUT2D eigenvalue weighted by Crippen LogP contribution is 2.30. The summed E-state index contributed by atoms with van der Waals surface area (Å²) in [5.41, 5.74) is 11.4. The van der Waals surface area contributed by atoms with Crippen LogP contribution in [0.3, 0.4) is 0 Å². The maximum absolute atomic E-state index is 10.4. The Kier molecular flexibility index (Phi) is 4.86. The number of nitrogens with two attached hydrogens (primary N) is 2. The number of primary amides is 1. The van der Waals surface area contributed by atoms with Crippen LogP contribution in [0.2, 0.25) is 10.0 Å². The molecule has 0 heterocycles. The second kappa shape index (κ2) is 5.94. The Bertz CT molecular complexity index is 385. The van der Waals surface area contributed by atoms with Crippen molar-refractivity contribution in [1.82, 2.24) is 0 Å². The summed E-state index contributed by atoms with van der Waals surface area (Å²) in [6, 6.07) is 4.88. The van der Waals surface area contributed by atoms with E-state index >= 15 is 0 Å². The summed E-state index contributed by atoms with van der Waals surface area (Å²) in [4.78, 5) is 10.4. The van der Waals surface area contributed by atoms with E-state index in [9.17, 15) is 4.79 Å². The van der Waals surface area contributed by atoms with Gasteiger partial charge in [0.1, 0.15) is 0 Å². The molecule has 0 aliphatic heterocycles. The first-order chi connectivity index (χ1) is 7.52. The van der Waals surface area contributed by atoms with Crippen LogP contribution < -0.4 is 11.5 Å². The van der Waals surface area contributed by atoms with Crippen molar-refractivity contribution in [3.63, 3.8) is 0 Å². The summed E-state index contributed by atoms with van der Waals surface area (Å²) >= 11 is 11.8. The number of benzene rings is 1. The smallest absolute Gasteiger partial charge is 0.404 e. The third kappa shape index (κ3) is 3.56. The minimum absolute atomic E-state index is 0.152. The van der Waals surface area contributed by atoms with Gasteiger partial charge in [0, 0.05) is 12.5 Å². The number of ether oxygens (including phenoxy) is 1. The van der Waals surface area contributed by atoms with Crippen molar-refractivity contribution >= 4 is 29.3 Å². The van der Waals surface area contributed by atoms with Crippen LogP contribution in [0.1, 0.15) is 18.0 Å². The second-order valence-corrected chi connectivity index (χ2v) is 3.99. The zero-order chi connectivity index (χ0) is 12.1. The Balaban J connectivity index is 2.62. The van der Waals surface area contributed by atoms with Crippen molar-refractivity contribution < 1.29 is 9.53 Å². The number of carbonyl (C=O) groups excluding carboxylic acids is 1. The molecule has 0 saturated heterocycles. The zero-order valence-corrected chi connectivity index (χ0v) is 9.96. The number of rotatable bonds is 4. The molecule has 0 aromatic heterocycles. The van der Waals surface area contributed by atoms with Gasteiger partial charge in [-0.3, -0.25) is 0 Å². The predicted molar refractivity (Wildman–Crippen MR) is 63.5 cm³/mol. The van der Waals surface area contributed by atoms with Crippen LogP contribution in [0.5, 0.6) is 0 Å². The second-order valence-electron chi connectivity index (χ2n) is 3.21. The summed E-state index contributed by atoms with van der Waals surface area (Å²) in [6.45, 7) is 0.152. The van der Waals surface area contributed by atoms with E-state index in [2.05, 4.69) is 4.74 Å². The van der Waals surface area contributed by atoms with Gasteiger partial charge in [0.05, 0.1) is 16.7 Å². The monoisotopic (exact) mass is 262 g/mol. The van der Waals surface area contributed by atoms with E-state index in [1.54, 1.807) is 18.2 Å². The fourth-order valence-electron chi connectivity index (χ4n) is 1.25. The average molecular weight is 263 g/mol. The summed E-state index contributed by atoms with van der Waals surface area (Å²) in [7, 11) is 0. The Hall–Kier alpha value is -0.970. The van der Waals surface area contributed by atoms with Gasteiger partial charge in [-0.05, 0) is 11.6 Å².